The molecule has 1 aromatic rings. The van der Waals surface area contributed by atoms with Gasteiger partial charge in [0, 0.05) is 6.54 Å². The van der Waals surface area contributed by atoms with Crippen molar-refractivity contribution in [2.75, 3.05) is 27.9 Å². The van der Waals surface area contributed by atoms with Gasteiger partial charge in [-0.05, 0) is 30.5 Å². The molecule has 0 N–H and O–H groups in total. The maximum Gasteiger partial charge on any atom is 0.307 e. The normalized spacial score (nSPS) is 21.0. The van der Waals surface area contributed by atoms with Crippen molar-refractivity contribution in [3.8, 4) is 17.2 Å². The highest BCUT2D eigenvalue weighted by Crippen LogP contribution is 2.39. The van der Waals surface area contributed by atoms with Gasteiger partial charge < -0.3 is 18.9 Å². The second-order valence-corrected chi connectivity index (χ2v) is 7.27. The Morgan fingerprint density at radius 1 is 0.966 bits per heavy atom. The Kier molecular flexibility index (Phi) is 6.61. The van der Waals surface area contributed by atoms with Gasteiger partial charge >= 0.3 is 5.97 Å². The summed E-state index contributed by atoms with van der Waals surface area (Å²) in [4.78, 5) is 38.3. The van der Waals surface area contributed by atoms with E-state index in [4.69, 9.17) is 18.9 Å². The fourth-order valence-electron chi connectivity index (χ4n) is 4.11. The first-order valence-corrected chi connectivity index (χ1v) is 9.79. The highest BCUT2D eigenvalue weighted by Gasteiger charge is 2.47. The third-order valence-electron chi connectivity index (χ3n) is 5.60. The van der Waals surface area contributed by atoms with Crippen molar-refractivity contribution in [3.05, 3.63) is 17.7 Å². The van der Waals surface area contributed by atoms with E-state index in [1.54, 1.807) is 12.1 Å². The number of ether oxygens (including phenoxy) is 4. The van der Waals surface area contributed by atoms with Crippen molar-refractivity contribution in [1.82, 2.24) is 4.90 Å². The number of methoxy groups -OCH3 is 3. The monoisotopic (exact) mass is 405 g/mol. The smallest absolute Gasteiger partial charge is 0.307 e. The van der Waals surface area contributed by atoms with Gasteiger partial charge in [-0.1, -0.05) is 12.8 Å². The van der Waals surface area contributed by atoms with E-state index < -0.39 is 5.97 Å². The molecular formula is C21H27NO7. The Morgan fingerprint density at radius 3 is 2.00 bits per heavy atom. The van der Waals surface area contributed by atoms with Gasteiger partial charge in [-0.2, -0.15) is 0 Å². The number of imide groups is 1. The molecule has 29 heavy (non-hydrogen) atoms. The number of amides is 2. The minimum absolute atomic E-state index is 0.0166. The SMILES string of the molecule is COc1cc(COC(=O)CCN2C(=O)[C@@H]3CCCC[C@H]3C2=O)cc(OC)c1OC. The van der Waals surface area contributed by atoms with Gasteiger partial charge in [0.15, 0.2) is 11.5 Å². The second-order valence-electron chi connectivity index (χ2n) is 7.27. The third kappa shape index (κ3) is 4.31. The summed E-state index contributed by atoms with van der Waals surface area (Å²) in [5.74, 6) is 0.224. The number of carbonyl (C=O) groups is 3. The lowest BCUT2D eigenvalue weighted by Gasteiger charge is -2.19. The second kappa shape index (κ2) is 9.15. The van der Waals surface area contributed by atoms with Crippen molar-refractivity contribution in [1.29, 1.82) is 0 Å². The van der Waals surface area contributed by atoms with Crippen LogP contribution in [-0.2, 0) is 25.7 Å². The van der Waals surface area contributed by atoms with E-state index in [-0.39, 0.29) is 43.2 Å². The standard InChI is InChI=1S/C21H27NO7/c1-26-16-10-13(11-17(27-2)19(16)28-3)12-29-18(23)8-9-22-20(24)14-6-4-5-7-15(14)21(22)25/h10-11,14-15H,4-9,12H2,1-3H3/t14-,15-/m1/s1. The minimum atomic E-state index is -0.478. The molecule has 1 aliphatic carbocycles. The lowest BCUT2D eigenvalue weighted by atomic mass is 9.81. The number of carbonyl (C=O) groups excluding carboxylic acids is 3. The lowest BCUT2D eigenvalue weighted by Crippen LogP contribution is -2.33. The van der Waals surface area contributed by atoms with Crippen LogP contribution >= 0.6 is 0 Å². The van der Waals surface area contributed by atoms with Gasteiger partial charge in [0.2, 0.25) is 17.6 Å². The van der Waals surface area contributed by atoms with Crippen LogP contribution in [0.1, 0.15) is 37.7 Å². The van der Waals surface area contributed by atoms with Gasteiger partial charge in [0.1, 0.15) is 6.61 Å². The van der Waals surface area contributed by atoms with Crippen LogP contribution in [0.2, 0.25) is 0 Å². The predicted molar refractivity (Wildman–Crippen MR) is 103 cm³/mol. The largest absolute Gasteiger partial charge is 0.493 e. The van der Waals surface area contributed by atoms with Gasteiger partial charge in [0.05, 0.1) is 39.6 Å². The average molecular weight is 405 g/mol. The Labute approximate surface area is 170 Å². The van der Waals surface area contributed by atoms with Crippen LogP contribution in [0.3, 0.4) is 0 Å². The first kappa shape index (κ1) is 21.0. The van der Waals surface area contributed by atoms with E-state index in [9.17, 15) is 14.4 Å². The molecular weight excluding hydrogens is 378 g/mol. The van der Waals surface area contributed by atoms with E-state index in [0.29, 0.717) is 22.8 Å². The summed E-state index contributed by atoms with van der Waals surface area (Å²) in [6.45, 7) is 0.0848. The van der Waals surface area contributed by atoms with Crippen molar-refractivity contribution >= 4 is 17.8 Å². The summed E-state index contributed by atoms with van der Waals surface area (Å²) in [5, 5.41) is 0. The molecule has 3 rings (SSSR count). The van der Waals surface area contributed by atoms with Crippen LogP contribution in [0, 0.1) is 11.8 Å². The molecule has 1 aliphatic heterocycles. The summed E-state index contributed by atoms with van der Waals surface area (Å²) < 4.78 is 21.1. The highest BCUT2D eigenvalue weighted by atomic mass is 16.5. The van der Waals surface area contributed by atoms with E-state index in [2.05, 4.69) is 0 Å². The van der Waals surface area contributed by atoms with Gasteiger partial charge in [-0.3, -0.25) is 19.3 Å². The average Bonchev–Trinajstić information content (AvgIpc) is 2.99. The maximum atomic E-state index is 12.5. The Balaban J connectivity index is 1.55. The van der Waals surface area contributed by atoms with E-state index in [0.717, 1.165) is 25.7 Å². The fourth-order valence-corrected chi connectivity index (χ4v) is 4.11. The van der Waals surface area contributed by atoms with Crippen molar-refractivity contribution in [2.24, 2.45) is 11.8 Å². The molecule has 0 bridgehead atoms. The van der Waals surface area contributed by atoms with Crippen molar-refractivity contribution in [2.45, 2.75) is 38.7 Å². The Bertz CT molecular complexity index is 742. The number of esters is 1. The molecule has 0 radical (unpaired) electrons. The molecule has 0 spiro atoms. The van der Waals surface area contributed by atoms with Crippen molar-refractivity contribution in [3.63, 3.8) is 0 Å². The van der Waals surface area contributed by atoms with Gasteiger partial charge in [-0.15, -0.1) is 0 Å². The number of likely N-dealkylation sites (tertiary alicyclic amines) is 1. The Morgan fingerprint density at radius 2 is 1.52 bits per heavy atom. The molecule has 2 aliphatic rings. The van der Waals surface area contributed by atoms with Crippen LogP contribution in [0.15, 0.2) is 12.1 Å². The number of rotatable bonds is 8. The van der Waals surface area contributed by atoms with Crippen LogP contribution in [-0.4, -0.2) is 50.6 Å². The summed E-state index contributed by atoms with van der Waals surface area (Å²) in [7, 11) is 4.53. The zero-order valence-corrected chi connectivity index (χ0v) is 17.1. The highest BCUT2D eigenvalue weighted by molar-refractivity contribution is 6.05. The first-order valence-electron chi connectivity index (χ1n) is 9.79. The summed E-state index contributed by atoms with van der Waals surface area (Å²) in [5.41, 5.74) is 0.673. The Hall–Kier alpha value is -2.77. The molecule has 0 aromatic heterocycles. The zero-order chi connectivity index (χ0) is 21.0. The lowest BCUT2D eigenvalue weighted by molar-refractivity contribution is -0.146. The first-order chi connectivity index (χ1) is 14.0. The van der Waals surface area contributed by atoms with E-state index >= 15 is 0 Å². The van der Waals surface area contributed by atoms with Crippen LogP contribution < -0.4 is 14.2 Å². The molecule has 1 heterocycles. The van der Waals surface area contributed by atoms with Crippen molar-refractivity contribution < 1.29 is 33.3 Å². The quantitative estimate of drug-likeness (QED) is 0.484. The summed E-state index contributed by atoms with van der Waals surface area (Å²) in [6.07, 6.45) is 3.45. The molecule has 1 aromatic carbocycles. The predicted octanol–water partition coefficient (Wildman–Crippen LogP) is 2.32. The summed E-state index contributed by atoms with van der Waals surface area (Å²) >= 11 is 0. The number of hydrogen-bond acceptors (Lipinski definition) is 7. The molecule has 8 nitrogen and oxygen atoms in total. The number of benzene rings is 1. The van der Waals surface area contributed by atoms with E-state index in [1.165, 1.54) is 26.2 Å². The van der Waals surface area contributed by atoms with Crippen LogP contribution in [0.5, 0.6) is 17.2 Å². The fraction of sp³-hybridized carbons (Fsp3) is 0.571. The molecule has 2 atom stereocenters. The minimum Gasteiger partial charge on any atom is -0.493 e. The maximum absolute atomic E-state index is 12.5. The topological polar surface area (TPSA) is 91.4 Å². The number of hydrogen-bond donors (Lipinski definition) is 0. The molecule has 8 heteroatoms. The number of fused-ring (bicyclic) bond motifs is 1. The molecule has 158 valence electrons. The van der Waals surface area contributed by atoms with Crippen LogP contribution in [0.4, 0.5) is 0 Å². The zero-order valence-electron chi connectivity index (χ0n) is 17.1. The molecule has 1 saturated heterocycles. The molecule has 2 amide bonds. The molecule has 0 unspecified atom stereocenters. The number of nitrogens with zero attached hydrogens (tertiary/aromatic N) is 1. The van der Waals surface area contributed by atoms with E-state index in [1.807, 2.05) is 0 Å². The third-order valence-corrected chi connectivity index (χ3v) is 5.60. The van der Waals surface area contributed by atoms with Gasteiger partial charge in [0.25, 0.3) is 0 Å². The molecule has 2 fully saturated rings. The van der Waals surface area contributed by atoms with Crippen LogP contribution in [0.25, 0.3) is 0 Å². The summed E-state index contributed by atoms with van der Waals surface area (Å²) in [6, 6.07) is 3.40. The van der Waals surface area contributed by atoms with Gasteiger partial charge in [-0.25, -0.2) is 0 Å². The molecule has 1 saturated carbocycles.